The molecule has 0 aromatic heterocycles. The molecule has 0 amide bonds. The van der Waals surface area contributed by atoms with E-state index in [1.165, 1.54) is 19.4 Å². The summed E-state index contributed by atoms with van der Waals surface area (Å²) in [5.41, 5.74) is 0.972. The van der Waals surface area contributed by atoms with Crippen LogP contribution in [-0.4, -0.2) is 44.5 Å². The number of hydrogen-bond donors (Lipinski definition) is 1. The molecule has 1 N–H and O–H groups in total. The second-order valence-corrected chi connectivity index (χ2v) is 5.80. The van der Waals surface area contributed by atoms with Gasteiger partial charge in [-0.1, -0.05) is 12.1 Å². The summed E-state index contributed by atoms with van der Waals surface area (Å²) in [4.78, 5) is 2.43. The first-order valence-corrected chi connectivity index (χ1v) is 7.59. The van der Waals surface area contributed by atoms with Gasteiger partial charge in [0.15, 0.2) is 11.5 Å². The van der Waals surface area contributed by atoms with Crippen molar-refractivity contribution in [3.63, 3.8) is 0 Å². The van der Waals surface area contributed by atoms with Gasteiger partial charge in [0.25, 0.3) is 0 Å². The molecular formula is C17H26N2O2. The highest BCUT2D eigenvalue weighted by atomic mass is 16.5. The largest absolute Gasteiger partial charge is 0.493 e. The number of benzene rings is 1. The van der Waals surface area contributed by atoms with E-state index in [4.69, 9.17) is 14.9 Å². The molecular weight excluding hydrogens is 264 g/mol. The summed E-state index contributed by atoms with van der Waals surface area (Å²) in [6, 6.07) is 8.25. The van der Waals surface area contributed by atoms with Crippen molar-refractivity contribution >= 4 is 5.71 Å². The van der Waals surface area contributed by atoms with Gasteiger partial charge in [-0.15, -0.1) is 0 Å². The Labute approximate surface area is 127 Å². The minimum Gasteiger partial charge on any atom is -0.493 e. The average Bonchev–Trinajstić information content (AvgIpc) is 2.88. The van der Waals surface area contributed by atoms with Crippen molar-refractivity contribution in [2.45, 2.75) is 31.7 Å². The molecule has 1 saturated heterocycles. The van der Waals surface area contributed by atoms with Gasteiger partial charge < -0.3 is 19.8 Å². The first-order chi connectivity index (χ1) is 10.2. The van der Waals surface area contributed by atoms with Gasteiger partial charge in [0.1, 0.15) is 0 Å². The highest BCUT2D eigenvalue weighted by molar-refractivity contribution is 5.82. The lowest BCUT2D eigenvalue weighted by molar-refractivity contribution is 0.260. The Morgan fingerprint density at radius 1 is 1.10 bits per heavy atom. The molecule has 0 radical (unpaired) electrons. The number of nitrogens with one attached hydrogen (secondary N) is 1. The van der Waals surface area contributed by atoms with Gasteiger partial charge in [-0.2, -0.15) is 0 Å². The molecule has 1 aliphatic carbocycles. The maximum Gasteiger partial charge on any atom is 0.160 e. The first kappa shape index (κ1) is 15.8. The van der Waals surface area contributed by atoms with Crippen LogP contribution in [0.3, 0.4) is 0 Å². The Morgan fingerprint density at radius 2 is 1.71 bits per heavy atom. The second kappa shape index (κ2) is 7.46. The lowest BCUT2D eigenvalue weighted by Crippen LogP contribution is -2.34. The third kappa shape index (κ3) is 3.97. The van der Waals surface area contributed by atoms with Crippen molar-refractivity contribution in [3.05, 3.63) is 24.3 Å². The lowest BCUT2D eigenvalue weighted by Gasteiger charge is -2.29. The maximum atomic E-state index is 7.60. The predicted molar refractivity (Wildman–Crippen MR) is 85.6 cm³/mol. The van der Waals surface area contributed by atoms with Crippen LogP contribution in [0.1, 0.15) is 25.7 Å². The van der Waals surface area contributed by atoms with E-state index in [1.807, 2.05) is 24.3 Å². The summed E-state index contributed by atoms with van der Waals surface area (Å²) in [5.74, 6) is 2.45. The Balaban J connectivity index is 0.000000155. The van der Waals surface area contributed by atoms with Gasteiger partial charge in [0, 0.05) is 18.2 Å². The first-order valence-electron chi connectivity index (χ1n) is 7.59. The van der Waals surface area contributed by atoms with Crippen LogP contribution in [0.4, 0.5) is 0 Å². The van der Waals surface area contributed by atoms with Crippen molar-refractivity contribution < 1.29 is 9.47 Å². The number of fused-ring (bicyclic) bond motifs is 1. The highest BCUT2D eigenvalue weighted by Crippen LogP contribution is 2.33. The van der Waals surface area contributed by atoms with Gasteiger partial charge in [-0.25, -0.2) is 0 Å². The molecule has 116 valence electrons. The second-order valence-electron chi connectivity index (χ2n) is 5.80. The Bertz CT molecular complexity index is 453. The maximum absolute atomic E-state index is 7.60. The summed E-state index contributed by atoms with van der Waals surface area (Å²) >= 11 is 0. The van der Waals surface area contributed by atoms with Gasteiger partial charge in [0.05, 0.1) is 14.2 Å². The molecule has 1 aliphatic heterocycles. The normalized spacial score (nSPS) is 24.8. The van der Waals surface area contributed by atoms with Crippen molar-refractivity contribution in [2.75, 3.05) is 27.8 Å². The topological polar surface area (TPSA) is 45.6 Å². The van der Waals surface area contributed by atoms with Crippen molar-refractivity contribution in [1.29, 1.82) is 5.41 Å². The number of methoxy groups -OCH3 is 2. The van der Waals surface area contributed by atoms with Crippen LogP contribution in [0.25, 0.3) is 0 Å². The SMILES string of the molecule is CN1CCC2CCC(=N)CC21.COc1ccccc1OC. The molecule has 1 heterocycles. The van der Waals surface area contributed by atoms with E-state index in [9.17, 15) is 0 Å². The molecule has 4 nitrogen and oxygen atoms in total. The molecule has 0 spiro atoms. The molecule has 21 heavy (non-hydrogen) atoms. The molecule has 2 unspecified atom stereocenters. The van der Waals surface area contributed by atoms with Crippen LogP contribution < -0.4 is 9.47 Å². The van der Waals surface area contributed by atoms with E-state index in [0.717, 1.165) is 42.0 Å². The van der Waals surface area contributed by atoms with Gasteiger partial charge in [-0.3, -0.25) is 0 Å². The summed E-state index contributed by atoms with van der Waals surface area (Å²) in [6.07, 6.45) is 4.75. The zero-order chi connectivity index (χ0) is 15.2. The van der Waals surface area contributed by atoms with E-state index in [0.29, 0.717) is 0 Å². The van der Waals surface area contributed by atoms with Crippen molar-refractivity contribution in [2.24, 2.45) is 5.92 Å². The fourth-order valence-corrected chi connectivity index (χ4v) is 3.25. The van der Waals surface area contributed by atoms with Crippen LogP contribution in [-0.2, 0) is 0 Å². The number of likely N-dealkylation sites (tertiary alicyclic amines) is 1. The number of nitrogens with zero attached hydrogens (tertiary/aromatic N) is 1. The highest BCUT2D eigenvalue weighted by Gasteiger charge is 2.34. The summed E-state index contributed by atoms with van der Waals surface area (Å²) in [5, 5.41) is 7.60. The predicted octanol–water partition coefficient (Wildman–Crippen LogP) is 3.21. The van der Waals surface area contributed by atoms with E-state index in [1.54, 1.807) is 14.2 Å². The van der Waals surface area contributed by atoms with Crippen LogP contribution in [0.5, 0.6) is 11.5 Å². The lowest BCUT2D eigenvalue weighted by atomic mass is 9.84. The van der Waals surface area contributed by atoms with Crippen molar-refractivity contribution in [3.8, 4) is 11.5 Å². The fraction of sp³-hybridized carbons (Fsp3) is 0.588. The van der Waals surface area contributed by atoms with E-state index < -0.39 is 0 Å². The monoisotopic (exact) mass is 290 g/mol. The summed E-state index contributed by atoms with van der Waals surface area (Å²) < 4.78 is 10.0. The number of ether oxygens (including phenoxy) is 2. The quantitative estimate of drug-likeness (QED) is 0.909. The zero-order valence-corrected chi connectivity index (χ0v) is 13.3. The minimum atomic E-state index is 0.719. The number of para-hydroxylation sites is 2. The Kier molecular flexibility index (Phi) is 5.62. The third-order valence-electron chi connectivity index (χ3n) is 4.52. The molecule has 1 aromatic carbocycles. The van der Waals surface area contributed by atoms with Crippen molar-refractivity contribution in [1.82, 2.24) is 4.90 Å². The Morgan fingerprint density at radius 3 is 2.29 bits per heavy atom. The van der Waals surface area contributed by atoms with Crippen LogP contribution >= 0.6 is 0 Å². The van der Waals surface area contributed by atoms with Crippen LogP contribution in [0, 0.1) is 11.3 Å². The van der Waals surface area contributed by atoms with Gasteiger partial charge in [-0.05, 0) is 50.9 Å². The van der Waals surface area contributed by atoms with E-state index in [2.05, 4.69) is 11.9 Å². The average molecular weight is 290 g/mol. The Hall–Kier alpha value is -1.55. The molecule has 2 aliphatic rings. The molecule has 0 bridgehead atoms. The smallest absolute Gasteiger partial charge is 0.160 e. The molecule has 4 heteroatoms. The number of hydrogen-bond acceptors (Lipinski definition) is 4. The minimum absolute atomic E-state index is 0.719. The van der Waals surface area contributed by atoms with E-state index in [-0.39, 0.29) is 0 Å². The molecule has 2 fully saturated rings. The third-order valence-corrected chi connectivity index (χ3v) is 4.52. The summed E-state index contributed by atoms with van der Waals surface area (Å²) in [6.45, 7) is 1.25. The molecule has 3 rings (SSSR count). The van der Waals surface area contributed by atoms with Crippen LogP contribution in [0.2, 0.25) is 0 Å². The molecule has 1 saturated carbocycles. The summed E-state index contributed by atoms with van der Waals surface area (Å²) in [7, 11) is 5.44. The number of rotatable bonds is 2. The standard InChI is InChI=1S/C9H16N2.C8H10O2/c1-11-5-4-7-2-3-8(10)6-9(7)11;1-9-7-5-3-4-6-8(7)10-2/h7,9-10H,2-6H2,1H3;3-6H,1-2H3. The van der Waals surface area contributed by atoms with Gasteiger partial charge in [0.2, 0.25) is 0 Å². The molecule has 2 atom stereocenters. The van der Waals surface area contributed by atoms with E-state index >= 15 is 0 Å². The molecule has 1 aromatic rings. The zero-order valence-electron chi connectivity index (χ0n) is 13.3. The fourth-order valence-electron chi connectivity index (χ4n) is 3.25. The van der Waals surface area contributed by atoms with Gasteiger partial charge >= 0.3 is 0 Å². The van der Waals surface area contributed by atoms with Crippen LogP contribution in [0.15, 0.2) is 24.3 Å².